The number of thioether (sulfide) groups is 2. The lowest BCUT2D eigenvalue weighted by Gasteiger charge is -2.05. The van der Waals surface area contributed by atoms with Crippen molar-refractivity contribution >= 4 is 34.6 Å². The second kappa shape index (κ2) is 5.69. The van der Waals surface area contributed by atoms with Gasteiger partial charge in [0.15, 0.2) is 10.8 Å². The van der Waals surface area contributed by atoms with E-state index in [4.69, 9.17) is 0 Å². The van der Waals surface area contributed by atoms with E-state index in [0.29, 0.717) is 0 Å². The van der Waals surface area contributed by atoms with Crippen molar-refractivity contribution in [2.45, 2.75) is 24.0 Å². The van der Waals surface area contributed by atoms with E-state index in [2.05, 4.69) is 46.3 Å². The molecule has 0 fully saturated rings. The predicted octanol–water partition coefficient (Wildman–Crippen LogP) is 3.88. The average Bonchev–Trinajstić information content (AvgIpc) is 2.84. The highest BCUT2D eigenvalue weighted by Gasteiger charge is 2.16. The Morgan fingerprint density at radius 3 is 2.29 bits per heavy atom. The van der Waals surface area contributed by atoms with E-state index in [9.17, 15) is 0 Å². The molecule has 0 aliphatic heterocycles. The molecule has 3 aromatic rings. The molecular formula is C15H16N4S2. The van der Waals surface area contributed by atoms with Gasteiger partial charge in [-0.3, -0.25) is 0 Å². The first-order valence-corrected chi connectivity index (χ1v) is 9.01. The molecule has 0 N–H and O–H groups in total. The number of aromatic nitrogens is 4. The van der Waals surface area contributed by atoms with Gasteiger partial charge in [0.25, 0.3) is 0 Å². The Morgan fingerprint density at radius 2 is 1.67 bits per heavy atom. The monoisotopic (exact) mass is 316 g/mol. The minimum absolute atomic E-state index is 0.778. The van der Waals surface area contributed by atoms with Crippen molar-refractivity contribution in [1.29, 1.82) is 0 Å². The number of aryl methyl sites for hydroxylation is 2. The maximum absolute atomic E-state index is 4.67. The van der Waals surface area contributed by atoms with E-state index in [0.717, 1.165) is 32.6 Å². The van der Waals surface area contributed by atoms with Gasteiger partial charge in [-0.05, 0) is 38.5 Å². The first kappa shape index (κ1) is 14.4. The molecule has 4 nitrogen and oxygen atoms in total. The van der Waals surface area contributed by atoms with Crippen LogP contribution in [0, 0.1) is 13.8 Å². The fourth-order valence-corrected chi connectivity index (χ4v) is 3.27. The SMILES string of the molecule is CSc1nc(SC)c2c(C)nn(-c3ccc(C)cc3)c2n1. The van der Waals surface area contributed by atoms with Crippen LogP contribution in [0.3, 0.4) is 0 Å². The minimum atomic E-state index is 0.778. The van der Waals surface area contributed by atoms with Crippen LogP contribution in [0.2, 0.25) is 0 Å². The maximum Gasteiger partial charge on any atom is 0.190 e. The van der Waals surface area contributed by atoms with Gasteiger partial charge in [-0.15, -0.1) is 11.8 Å². The van der Waals surface area contributed by atoms with Gasteiger partial charge in [-0.25, -0.2) is 14.6 Å². The summed E-state index contributed by atoms with van der Waals surface area (Å²) in [4.78, 5) is 9.24. The number of hydrogen-bond acceptors (Lipinski definition) is 5. The molecule has 0 aliphatic rings. The number of fused-ring (bicyclic) bond motifs is 1. The van der Waals surface area contributed by atoms with E-state index >= 15 is 0 Å². The topological polar surface area (TPSA) is 43.6 Å². The zero-order chi connectivity index (χ0) is 15.0. The highest BCUT2D eigenvalue weighted by molar-refractivity contribution is 7.99. The molecule has 0 radical (unpaired) electrons. The fourth-order valence-electron chi connectivity index (χ4n) is 2.23. The molecule has 21 heavy (non-hydrogen) atoms. The van der Waals surface area contributed by atoms with Crippen molar-refractivity contribution in [2.75, 3.05) is 12.5 Å². The van der Waals surface area contributed by atoms with Crippen LogP contribution in [0.1, 0.15) is 11.3 Å². The molecule has 0 amide bonds. The second-order valence-electron chi connectivity index (χ2n) is 4.75. The van der Waals surface area contributed by atoms with E-state index < -0.39 is 0 Å². The fraction of sp³-hybridized carbons (Fsp3) is 0.267. The molecule has 0 saturated heterocycles. The minimum Gasteiger partial charge on any atom is -0.215 e. The number of nitrogens with zero attached hydrogens (tertiary/aromatic N) is 4. The quantitative estimate of drug-likeness (QED) is 0.417. The Bertz CT molecular complexity index is 794. The molecule has 2 heterocycles. The van der Waals surface area contributed by atoms with E-state index in [1.54, 1.807) is 23.5 Å². The Kier molecular flexibility index (Phi) is 3.91. The maximum atomic E-state index is 4.67. The van der Waals surface area contributed by atoms with Gasteiger partial charge in [-0.2, -0.15) is 5.10 Å². The molecule has 6 heteroatoms. The van der Waals surface area contributed by atoms with Crippen LogP contribution in [0.4, 0.5) is 0 Å². The Morgan fingerprint density at radius 1 is 0.952 bits per heavy atom. The number of benzene rings is 1. The number of hydrogen-bond donors (Lipinski definition) is 0. The first-order chi connectivity index (χ1) is 10.1. The van der Waals surface area contributed by atoms with Crippen molar-refractivity contribution in [3.05, 3.63) is 35.5 Å². The van der Waals surface area contributed by atoms with E-state index in [-0.39, 0.29) is 0 Å². The van der Waals surface area contributed by atoms with E-state index in [1.165, 1.54) is 5.56 Å². The molecule has 0 aliphatic carbocycles. The summed E-state index contributed by atoms with van der Waals surface area (Å²) in [5.41, 5.74) is 4.09. The van der Waals surface area contributed by atoms with Crippen LogP contribution in [-0.2, 0) is 0 Å². The highest BCUT2D eigenvalue weighted by atomic mass is 32.2. The van der Waals surface area contributed by atoms with Crippen molar-refractivity contribution in [2.24, 2.45) is 0 Å². The summed E-state index contributed by atoms with van der Waals surface area (Å²) in [5, 5.41) is 7.47. The summed E-state index contributed by atoms with van der Waals surface area (Å²) in [6.45, 7) is 4.09. The molecule has 1 aromatic carbocycles. The van der Waals surface area contributed by atoms with Crippen LogP contribution in [0.25, 0.3) is 16.7 Å². The molecule has 108 valence electrons. The average molecular weight is 316 g/mol. The molecule has 0 unspecified atom stereocenters. The van der Waals surface area contributed by atoms with Crippen molar-refractivity contribution in [3.63, 3.8) is 0 Å². The number of rotatable bonds is 3. The Hall–Kier alpha value is -1.53. The van der Waals surface area contributed by atoms with Gasteiger partial charge < -0.3 is 0 Å². The zero-order valence-corrected chi connectivity index (χ0v) is 14.0. The summed E-state index contributed by atoms with van der Waals surface area (Å²) >= 11 is 3.19. The summed E-state index contributed by atoms with van der Waals surface area (Å²) in [5.74, 6) is 0. The van der Waals surface area contributed by atoms with Gasteiger partial charge in [0.2, 0.25) is 0 Å². The third kappa shape index (κ3) is 2.53. The molecule has 3 rings (SSSR count). The van der Waals surface area contributed by atoms with E-state index in [1.807, 2.05) is 24.1 Å². The zero-order valence-electron chi connectivity index (χ0n) is 12.4. The summed E-state index contributed by atoms with van der Waals surface area (Å²) < 4.78 is 1.91. The third-order valence-electron chi connectivity index (χ3n) is 3.30. The first-order valence-electron chi connectivity index (χ1n) is 6.56. The molecule has 0 atom stereocenters. The lowest BCUT2D eigenvalue weighted by molar-refractivity contribution is 0.855. The summed E-state index contributed by atoms with van der Waals surface area (Å²) in [6, 6.07) is 8.32. The highest BCUT2D eigenvalue weighted by Crippen LogP contribution is 2.29. The molecule has 0 saturated carbocycles. The lowest BCUT2D eigenvalue weighted by Crippen LogP contribution is -1.99. The summed E-state index contributed by atoms with van der Waals surface area (Å²) in [7, 11) is 0. The van der Waals surface area contributed by atoms with Gasteiger partial charge >= 0.3 is 0 Å². The molecular weight excluding hydrogens is 300 g/mol. The largest absolute Gasteiger partial charge is 0.215 e. The normalized spacial score (nSPS) is 11.2. The second-order valence-corrected chi connectivity index (χ2v) is 6.32. The van der Waals surface area contributed by atoms with Crippen molar-refractivity contribution in [3.8, 4) is 5.69 Å². The van der Waals surface area contributed by atoms with Crippen LogP contribution in [-0.4, -0.2) is 32.3 Å². The van der Waals surface area contributed by atoms with Crippen LogP contribution in [0.15, 0.2) is 34.4 Å². The van der Waals surface area contributed by atoms with Gasteiger partial charge in [0.1, 0.15) is 5.03 Å². The standard InChI is InChI=1S/C15H16N4S2/c1-9-5-7-11(8-6-9)19-13-12(10(2)18-19)14(20-3)17-15(16-13)21-4/h5-8H,1-4H3. The third-order valence-corrected chi connectivity index (χ3v) is 4.53. The molecule has 2 aromatic heterocycles. The van der Waals surface area contributed by atoms with Crippen LogP contribution in [0.5, 0.6) is 0 Å². The lowest BCUT2D eigenvalue weighted by atomic mass is 10.2. The Labute approximate surface area is 132 Å². The van der Waals surface area contributed by atoms with Crippen molar-refractivity contribution < 1.29 is 0 Å². The predicted molar refractivity (Wildman–Crippen MR) is 89.7 cm³/mol. The van der Waals surface area contributed by atoms with Crippen LogP contribution >= 0.6 is 23.5 Å². The summed E-state index contributed by atoms with van der Waals surface area (Å²) in [6.07, 6.45) is 4.03. The molecule has 0 bridgehead atoms. The smallest absolute Gasteiger partial charge is 0.190 e. The Balaban J connectivity index is 2.31. The van der Waals surface area contributed by atoms with Gasteiger partial charge in [0.05, 0.1) is 16.8 Å². The van der Waals surface area contributed by atoms with Gasteiger partial charge in [-0.1, -0.05) is 29.5 Å². The van der Waals surface area contributed by atoms with Crippen LogP contribution < -0.4 is 0 Å². The van der Waals surface area contributed by atoms with Gasteiger partial charge in [0, 0.05) is 0 Å². The van der Waals surface area contributed by atoms with Crippen molar-refractivity contribution in [1.82, 2.24) is 19.7 Å². The molecule has 0 spiro atoms.